The van der Waals surface area contributed by atoms with E-state index in [1.54, 1.807) is 12.1 Å². The lowest BCUT2D eigenvalue weighted by molar-refractivity contribution is 0.293. The van der Waals surface area contributed by atoms with Gasteiger partial charge in [0.2, 0.25) is 5.90 Å². The van der Waals surface area contributed by atoms with Gasteiger partial charge in [-0.3, -0.25) is 0 Å². The normalized spacial score (nSPS) is 14.8. The van der Waals surface area contributed by atoms with Gasteiger partial charge in [-0.25, -0.2) is 9.38 Å². The maximum atomic E-state index is 12.5. The van der Waals surface area contributed by atoms with Gasteiger partial charge in [0.05, 0.1) is 6.54 Å². The van der Waals surface area contributed by atoms with Crippen LogP contribution in [0.25, 0.3) is 0 Å². The zero-order valence-electron chi connectivity index (χ0n) is 7.57. The molecule has 2 rings (SSSR count). The summed E-state index contributed by atoms with van der Waals surface area (Å²) in [5.41, 5.74) is 0. The van der Waals surface area contributed by atoms with Crippen molar-refractivity contribution in [2.75, 3.05) is 19.8 Å². The first-order valence-corrected chi connectivity index (χ1v) is 4.39. The first kappa shape index (κ1) is 8.99. The molecule has 1 aliphatic heterocycles. The molecule has 0 unspecified atom stereocenters. The lowest BCUT2D eigenvalue weighted by atomic mass is 10.3. The molecule has 74 valence electrons. The van der Waals surface area contributed by atoms with Gasteiger partial charge in [-0.05, 0) is 24.3 Å². The number of ether oxygens (including phenoxy) is 2. The summed E-state index contributed by atoms with van der Waals surface area (Å²) in [5.74, 6) is 0.950. The van der Waals surface area contributed by atoms with Crippen molar-refractivity contribution in [3.05, 3.63) is 30.1 Å². The third-order valence-corrected chi connectivity index (χ3v) is 1.82. The highest BCUT2D eigenvalue weighted by atomic mass is 19.1. The summed E-state index contributed by atoms with van der Waals surface area (Å²) in [4.78, 5) is 4.06. The fourth-order valence-corrected chi connectivity index (χ4v) is 1.14. The molecule has 1 aliphatic rings. The van der Waals surface area contributed by atoms with Gasteiger partial charge < -0.3 is 9.47 Å². The van der Waals surface area contributed by atoms with Crippen molar-refractivity contribution in [3.63, 3.8) is 0 Å². The van der Waals surface area contributed by atoms with Crippen molar-refractivity contribution in [1.29, 1.82) is 0 Å². The van der Waals surface area contributed by atoms with E-state index in [-0.39, 0.29) is 5.82 Å². The second kappa shape index (κ2) is 4.09. The summed E-state index contributed by atoms with van der Waals surface area (Å²) in [6, 6.07) is 5.86. The van der Waals surface area contributed by atoms with Crippen LogP contribution < -0.4 is 4.74 Å². The van der Waals surface area contributed by atoms with Crippen molar-refractivity contribution in [1.82, 2.24) is 0 Å². The summed E-state index contributed by atoms with van der Waals surface area (Å²) in [6.45, 7) is 1.63. The second-order valence-corrected chi connectivity index (χ2v) is 2.87. The van der Waals surface area contributed by atoms with Crippen LogP contribution >= 0.6 is 0 Å². The van der Waals surface area contributed by atoms with E-state index in [1.807, 2.05) is 0 Å². The first-order chi connectivity index (χ1) is 6.84. The second-order valence-electron chi connectivity index (χ2n) is 2.87. The van der Waals surface area contributed by atoms with Crippen LogP contribution in [-0.4, -0.2) is 25.7 Å². The van der Waals surface area contributed by atoms with Gasteiger partial charge in [0.15, 0.2) is 6.61 Å². The number of hydrogen-bond donors (Lipinski definition) is 0. The molecular formula is C10H10FNO2. The molecule has 4 heteroatoms. The highest BCUT2D eigenvalue weighted by Crippen LogP contribution is 2.11. The van der Waals surface area contributed by atoms with E-state index in [0.717, 1.165) is 0 Å². The Kier molecular flexibility index (Phi) is 2.62. The summed E-state index contributed by atoms with van der Waals surface area (Å²) >= 11 is 0. The van der Waals surface area contributed by atoms with Crippen molar-refractivity contribution in [2.45, 2.75) is 0 Å². The number of halogens is 1. The number of aliphatic imine (C=N–C) groups is 1. The van der Waals surface area contributed by atoms with Crippen molar-refractivity contribution in [3.8, 4) is 5.75 Å². The predicted octanol–water partition coefficient (Wildman–Crippen LogP) is 1.63. The van der Waals surface area contributed by atoms with Crippen LogP contribution in [0.4, 0.5) is 4.39 Å². The number of rotatable bonds is 3. The SMILES string of the molecule is Fc1ccc(OCC2=NCCO2)cc1. The minimum absolute atomic E-state index is 0.271. The average molecular weight is 195 g/mol. The van der Waals surface area contributed by atoms with Gasteiger partial charge in [-0.1, -0.05) is 0 Å². The largest absolute Gasteiger partial charge is 0.484 e. The summed E-state index contributed by atoms with van der Waals surface area (Å²) in [6.07, 6.45) is 0. The highest BCUT2D eigenvalue weighted by molar-refractivity contribution is 5.78. The Balaban J connectivity index is 1.88. The van der Waals surface area contributed by atoms with Gasteiger partial charge in [-0.2, -0.15) is 0 Å². The van der Waals surface area contributed by atoms with Crippen LogP contribution in [0.5, 0.6) is 5.75 Å². The van der Waals surface area contributed by atoms with Crippen molar-refractivity contribution >= 4 is 5.90 Å². The molecule has 0 saturated heterocycles. The van der Waals surface area contributed by atoms with Crippen molar-refractivity contribution < 1.29 is 13.9 Å². The fourth-order valence-electron chi connectivity index (χ4n) is 1.14. The molecule has 0 bridgehead atoms. The molecule has 0 amide bonds. The molecule has 1 aromatic carbocycles. The van der Waals surface area contributed by atoms with Gasteiger partial charge in [0.25, 0.3) is 0 Å². The van der Waals surface area contributed by atoms with E-state index in [4.69, 9.17) is 9.47 Å². The maximum Gasteiger partial charge on any atom is 0.222 e. The van der Waals surface area contributed by atoms with Crippen LogP contribution in [0.1, 0.15) is 0 Å². The van der Waals surface area contributed by atoms with Crippen molar-refractivity contribution in [2.24, 2.45) is 4.99 Å². The Bertz CT molecular complexity index is 334. The maximum absolute atomic E-state index is 12.5. The molecule has 0 N–H and O–H groups in total. The Morgan fingerprint density at radius 3 is 2.79 bits per heavy atom. The predicted molar refractivity (Wildman–Crippen MR) is 50.1 cm³/mol. The summed E-state index contributed by atoms with van der Waals surface area (Å²) in [5, 5.41) is 0. The topological polar surface area (TPSA) is 30.8 Å². The molecule has 0 spiro atoms. The third kappa shape index (κ3) is 2.22. The molecule has 0 aliphatic carbocycles. The Labute approximate surface area is 81.2 Å². The zero-order chi connectivity index (χ0) is 9.80. The Morgan fingerprint density at radius 1 is 1.36 bits per heavy atom. The fraction of sp³-hybridized carbons (Fsp3) is 0.300. The molecule has 14 heavy (non-hydrogen) atoms. The molecule has 1 aromatic rings. The molecule has 0 radical (unpaired) electrons. The van der Waals surface area contributed by atoms with Gasteiger partial charge in [-0.15, -0.1) is 0 Å². The minimum Gasteiger partial charge on any atom is -0.484 e. The van der Waals surface area contributed by atoms with E-state index < -0.39 is 0 Å². The van der Waals surface area contributed by atoms with E-state index >= 15 is 0 Å². The van der Waals surface area contributed by atoms with E-state index in [9.17, 15) is 4.39 Å². The van der Waals surface area contributed by atoms with Gasteiger partial charge >= 0.3 is 0 Å². The summed E-state index contributed by atoms with van der Waals surface area (Å²) in [7, 11) is 0. The molecule has 1 heterocycles. The highest BCUT2D eigenvalue weighted by Gasteiger charge is 2.07. The van der Waals surface area contributed by atoms with Crippen LogP contribution in [0.2, 0.25) is 0 Å². The molecule has 3 nitrogen and oxygen atoms in total. The minimum atomic E-state index is -0.271. The standard InChI is InChI=1S/C10H10FNO2/c11-8-1-3-9(4-2-8)14-7-10-12-5-6-13-10/h1-4H,5-7H2. The number of hydrogen-bond acceptors (Lipinski definition) is 3. The molecule has 0 fully saturated rings. The van der Waals surface area contributed by atoms with Gasteiger partial charge in [0, 0.05) is 0 Å². The van der Waals surface area contributed by atoms with Crippen LogP contribution in [0, 0.1) is 5.82 Å². The van der Waals surface area contributed by atoms with E-state index in [1.165, 1.54) is 12.1 Å². The Hall–Kier alpha value is -1.58. The van der Waals surface area contributed by atoms with Crippen LogP contribution in [0.15, 0.2) is 29.3 Å². The third-order valence-electron chi connectivity index (χ3n) is 1.82. The Morgan fingerprint density at radius 2 is 2.14 bits per heavy atom. The molecule has 0 saturated carbocycles. The van der Waals surface area contributed by atoms with Crippen LogP contribution in [-0.2, 0) is 4.74 Å². The van der Waals surface area contributed by atoms with E-state index in [0.29, 0.717) is 31.4 Å². The van der Waals surface area contributed by atoms with E-state index in [2.05, 4.69) is 4.99 Å². The summed E-state index contributed by atoms with van der Waals surface area (Å²) < 4.78 is 23.0. The zero-order valence-corrected chi connectivity index (χ0v) is 7.57. The molecular weight excluding hydrogens is 185 g/mol. The van der Waals surface area contributed by atoms with Crippen LogP contribution in [0.3, 0.4) is 0 Å². The average Bonchev–Trinajstić information content (AvgIpc) is 2.70. The quantitative estimate of drug-likeness (QED) is 0.734. The number of nitrogens with zero attached hydrogens (tertiary/aromatic N) is 1. The molecule has 0 aromatic heterocycles. The lowest BCUT2D eigenvalue weighted by Crippen LogP contribution is -2.11. The monoisotopic (exact) mass is 195 g/mol. The number of benzene rings is 1. The molecule has 0 atom stereocenters. The smallest absolute Gasteiger partial charge is 0.222 e. The van der Waals surface area contributed by atoms with Gasteiger partial charge in [0.1, 0.15) is 18.2 Å². The lowest BCUT2D eigenvalue weighted by Gasteiger charge is -2.05. The first-order valence-electron chi connectivity index (χ1n) is 4.39.